The van der Waals surface area contributed by atoms with Gasteiger partial charge < -0.3 is 15.8 Å². The van der Waals surface area contributed by atoms with Gasteiger partial charge in [0.05, 0.1) is 18.2 Å². The monoisotopic (exact) mass is 278 g/mol. The number of hydrogen-bond donors (Lipinski definition) is 2. The number of nitrogens with two attached hydrogens (primary N) is 1. The lowest BCUT2D eigenvalue weighted by atomic mass is 10.0. The first-order chi connectivity index (χ1) is 9.09. The highest BCUT2D eigenvalue weighted by Gasteiger charge is 2.22. The Labute approximate surface area is 118 Å². The third kappa shape index (κ3) is 3.30. The molecule has 1 amide bonds. The van der Waals surface area contributed by atoms with Crippen molar-refractivity contribution < 1.29 is 9.53 Å². The van der Waals surface area contributed by atoms with Crippen LogP contribution in [0.3, 0.4) is 0 Å². The van der Waals surface area contributed by atoms with Crippen LogP contribution in [0.25, 0.3) is 0 Å². The minimum absolute atomic E-state index is 0.0252. The van der Waals surface area contributed by atoms with E-state index in [0.29, 0.717) is 17.3 Å². The molecule has 0 radical (unpaired) electrons. The molecule has 0 spiro atoms. The summed E-state index contributed by atoms with van der Waals surface area (Å²) in [6.07, 6.45) is 1.79. The van der Waals surface area contributed by atoms with E-state index >= 15 is 0 Å². The molecule has 102 valence electrons. The van der Waals surface area contributed by atoms with Crippen molar-refractivity contribution in [3.63, 3.8) is 0 Å². The molecule has 2 rings (SSSR count). The van der Waals surface area contributed by atoms with Crippen molar-refractivity contribution in [2.24, 2.45) is 11.7 Å². The first-order valence-electron chi connectivity index (χ1n) is 6.37. The maximum atomic E-state index is 12.2. The summed E-state index contributed by atoms with van der Waals surface area (Å²) in [5.74, 6) is -0.115. The molecule has 1 aromatic rings. The van der Waals surface area contributed by atoms with Crippen LogP contribution in [0.2, 0.25) is 0 Å². The van der Waals surface area contributed by atoms with Gasteiger partial charge in [-0.3, -0.25) is 4.79 Å². The van der Waals surface area contributed by atoms with E-state index in [2.05, 4.69) is 5.32 Å². The predicted molar refractivity (Wildman–Crippen MR) is 79.2 cm³/mol. The van der Waals surface area contributed by atoms with Crippen LogP contribution in [0.15, 0.2) is 18.2 Å². The van der Waals surface area contributed by atoms with Crippen molar-refractivity contribution in [2.75, 3.05) is 18.5 Å². The molecule has 1 fully saturated rings. The minimum Gasteiger partial charge on any atom is -0.389 e. The summed E-state index contributed by atoms with van der Waals surface area (Å²) in [7, 11) is 0. The SMILES string of the molecule is Cc1cccc(NC(=O)C2CCCOC2)c1C(N)=S. The molecule has 0 bridgehead atoms. The molecule has 5 heteroatoms. The molecule has 19 heavy (non-hydrogen) atoms. The summed E-state index contributed by atoms with van der Waals surface area (Å²) in [5, 5.41) is 2.92. The largest absolute Gasteiger partial charge is 0.389 e. The van der Waals surface area contributed by atoms with E-state index in [4.69, 9.17) is 22.7 Å². The van der Waals surface area contributed by atoms with Gasteiger partial charge in [0.15, 0.2) is 0 Å². The Morgan fingerprint density at radius 3 is 2.95 bits per heavy atom. The normalized spacial score (nSPS) is 18.9. The molecule has 1 unspecified atom stereocenters. The summed E-state index contributed by atoms with van der Waals surface area (Å²) in [4.78, 5) is 12.5. The topological polar surface area (TPSA) is 64.3 Å². The Morgan fingerprint density at radius 1 is 1.53 bits per heavy atom. The van der Waals surface area contributed by atoms with Gasteiger partial charge in [-0.25, -0.2) is 0 Å². The van der Waals surface area contributed by atoms with E-state index in [1.54, 1.807) is 0 Å². The van der Waals surface area contributed by atoms with Crippen LogP contribution < -0.4 is 11.1 Å². The molecule has 1 aliphatic rings. The second-order valence-corrected chi connectivity index (χ2v) is 5.20. The van der Waals surface area contributed by atoms with Crippen LogP contribution in [-0.2, 0) is 9.53 Å². The lowest BCUT2D eigenvalue weighted by Gasteiger charge is -2.22. The van der Waals surface area contributed by atoms with Gasteiger partial charge in [-0.1, -0.05) is 24.4 Å². The van der Waals surface area contributed by atoms with Crippen molar-refractivity contribution in [1.29, 1.82) is 0 Å². The van der Waals surface area contributed by atoms with E-state index in [1.807, 2.05) is 25.1 Å². The second kappa shape index (κ2) is 6.12. The van der Waals surface area contributed by atoms with Gasteiger partial charge in [0, 0.05) is 12.2 Å². The van der Waals surface area contributed by atoms with E-state index in [9.17, 15) is 4.79 Å². The summed E-state index contributed by atoms with van der Waals surface area (Å²) in [5.41, 5.74) is 8.11. The lowest BCUT2D eigenvalue weighted by Crippen LogP contribution is -2.31. The van der Waals surface area contributed by atoms with E-state index < -0.39 is 0 Å². The van der Waals surface area contributed by atoms with Crippen molar-refractivity contribution in [3.8, 4) is 0 Å². The van der Waals surface area contributed by atoms with Crippen molar-refractivity contribution >= 4 is 28.8 Å². The first-order valence-corrected chi connectivity index (χ1v) is 6.78. The average molecular weight is 278 g/mol. The molecule has 1 heterocycles. The summed E-state index contributed by atoms with van der Waals surface area (Å²) >= 11 is 5.05. The van der Waals surface area contributed by atoms with Crippen LogP contribution >= 0.6 is 12.2 Å². The number of ether oxygens (including phenoxy) is 1. The predicted octanol–water partition coefficient (Wildman–Crippen LogP) is 1.99. The van der Waals surface area contributed by atoms with Gasteiger partial charge in [-0.15, -0.1) is 0 Å². The molecule has 1 aliphatic heterocycles. The number of rotatable bonds is 3. The fraction of sp³-hybridized carbons (Fsp3) is 0.429. The summed E-state index contributed by atoms with van der Waals surface area (Å²) < 4.78 is 5.33. The molecular weight excluding hydrogens is 260 g/mol. The van der Waals surface area contributed by atoms with Crippen LogP contribution in [0.4, 0.5) is 5.69 Å². The zero-order chi connectivity index (χ0) is 13.8. The fourth-order valence-electron chi connectivity index (χ4n) is 2.28. The molecule has 0 saturated carbocycles. The Hall–Kier alpha value is -1.46. The molecule has 1 saturated heterocycles. The van der Waals surface area contributed by atoms with Gasteiger partial charge in [-0.05, 0) is 31.4 Å². The standard InChI is InChI=1S/C14H18N2O2S/c1-9-4-2-6-11(12(9)13(15)19)16-14(17)10-5-3-7-18-8-10/h2,4,6,10H,3,5,7-8H2,1H3,(H2,15,19)(H,16,17). The zero-order valence-electron chi connectivity index (χ0n) is 10.9. The van der Waals surface area contributed by atoms with E-state index in [1.165, 1.54) is 0 Å². The number of amides is 1. The zero-order valence-corrected chi connectivity index (χ0v) is 11.8. The molecule has 4 nitrogen and oxygen atoms in total. The summed E-state index contributed by atoms with van der Waals surface area (Å²) in [6.45, 7) is 3.15. The highest BCUT2D eigenvalue weighted by Crippen LogP contribution is 2.22. The van der Waals surface area contributed by atoms with Gasteiger partial charge in [0.2, 0.25) is 5.91 Å². The maximum Gasteiger partial charge on any atom is 0.229 e. The molecule has 1 atom stereocenters. The Kier molecular flexibility index (Phi) is 4.50. The van der Waals surface area contributed by atoms with Gasteiger partial charge in [0.25, 0.3) is 0 Å². The molecule has 0 aromatic heterocycles. The number of thiocarbonyl (C=S) groups is 1. The van der Waals surface area contributed by atoms with Crippen LogP contribution in [-0.4, -0.2) is 24.1 Å². The van der Waals surface area contributed by atoms with Crippen LogP contribution in [0.1, 0.15) is 24.0 Å². The highest BCUT2D eigenvalue weighted by molar-refractivity contribution is 7.80. The molecule has 3 N–H and O–H groups in total. The third-order valence-corrected chi connectivity index (χ3v) is 3.51. The Bertz CT molecular complexity index is 496. The molecule has 0 aliphatic carbocycles. The number of carbonyl (C=O) groups is 1. The number of carbonyl (C=O) groups excluding carboxylic acids is 1. The number of nitrogens with one attached hydrogen (secondary N) is 1. The Morgan fingerprint density at radius 2 is 2.32 bits per heavy atom. The average Bonchev–Trinajstić information content (AvgIpc) is 2.39. The molecule has 1 aromatic carbocycles. The number of hydrogen-bond acceptors (Lipinski definition) is 3. The third-order valence-electron chi connectivity index (χ3n) is 3.31. The van der Waals surface area contributed by atoms with Gasteiger partial charge in [0.1, 0.15) is 4.99 Å². The van der Waals surface area contributed by atoms with Crippen molar-refractivity contribution in [1.82, 2.24) is 0 Å². The van der Waals surface area contributed by atoms with Crippen LogP contribution in [0.5, 0.6) is 0 Å². The quantitative estimate of drug-likeness (QED) is 0.830. The van der Waals surface area contributed by atoms with E-state index in [-0.39, 0.29) is 11.8 Å². The number of anilines is 1. The highest BCUT2D eigenvalue weighted by atomic mass is 32.1. The second-order valence-electron chi connectivity index (χ2n) is 4.77. The van der Waals surface area contributed by atoms with Gasteiger partial charge >= 0.3 is 0 Å². The smallest absolute Gasteiger partial charge is 0.229 e. The lowest BCUT2D eigenvalue weighted by molar-refractivity contribution is -0.123. The minimum atomic E-state index is -0.0894. The number of benzene rings is 1. The Balaban J connectivity index is 2.16. The van der Waals surface area contributed by atoms with Crippen molar-refractivity contribution in [3.05, 3.63) is 29.3 Å². The molecular formula is C14H18N2O2S. The maximum absolute atomic E-state index is 12.2. The number of aryl methyl sites for hydroxylation is 1. The van der Waals surface area contributed by atoms with Crippen LogP contribution in [0, 0.1) is 12.8 Å². The fourth-order valence-corrected chi connectivity index (χ4v) is 2.55. The van der Waals surface area contributed by atoms with Gasteiger partial charge in [-0.2, -0.15) is 0 Å². The summed E-state index contributed by atoms with van der Waals surface area (Å²) in [6, 6.07) is 5.63. The van der Waals surface area contributed by atoms with E-state index in [0.717, 1.165) is 30.6 Å². The first kappa shape index (κ1) is 14.0. The van der Waals surface area contributed by atoms with Crippen molar-refractivity contribution in [2.45, 2.75) is 19.8 Å².